The van der Waals surface area contributed by atoms with Gasteiger partial charge < -0.3 is 0 Å². The van der Waals surface area contributed by atoms with E-state index in [0.717, 1.165) is 0 Å². The summed E-state index contributed by atoms with van der Waals surface area (Å²) in [7, 11) is 0. The molecule has 1 atom stereocenters. The van der Waals surface area contributed by atoms with Gasteiger partial charge in [-0.1, -0.05) is 13.3 Å². The molecule has 0 saturated carbocycles. The summed E-state index contributed by atoms with van der Waals surface area (Å²) in [5.74, 6) is -1.85. The van der Waals surface area contributed by atoms with E-state index in [1.165, 1.54) is 0 Å². The van der Waals surface area contributed by atoms with E-state index in [0.29, 0.717) is 6.42 Å². The molecule has 0 aliphatic carbocycles. The van der Waals surface area contributed by atoms with Gasteiger partial charge >= 0.3 is 6.18 Å². The molecule has 0 bridgehead atoms. The molecular weight excluding hydrogens is 181 g/mol. The Labute approximate surface area is 67.5 Å². The normalized spacial score (nSPS) is 14.6. The van der Waals surface area contributed by atoms with E-state index < -0.39 is 17.3 Å². The summed E-state index contributed by atoms with van der Waals surface area (Å²) in [5, 5.41) is -1.42. The van der Waals surface area contributed by atoms with E-state index in [1.807, 2.05) is 0 Å². The zero-order valence-corrected chi connectivity index (χ0v) is 6.67. The van der Waals surface area contributed by atoms with Crippen LogP contribution in [0.1, 0.15) is 19.8 Å². The molecule has 11 heavy (non-hydrogen) atoms. The van der Waals surface area contributed by atoms with Gasteiger partial charge in [-0.05, 0) is 6.42 Å². The van der Waals surface area contributed by atoms with Crippen LogP contribution in [0, 0.1) is 0 Å². The molecule has 0 radical (unpaired) electrons. The lowest BCUT2D eigenvalue weighted by Crippen LogP contribution is -2.30. The fourth-order valence-corrected chi connectivity index (χ4v) is 0.904. The number of hydrogen-bond acceptors (Lipinski definition) is 1. The van der Waals surface area contributed by atoms with Crippen molar-refractivity contribution >= 4 is 17.4 Å². The van der Waals surface area contributed by atoms with E-state index in [1.54, 1.807) is 6.92 Å². The van der Waals surface area contributed by atoms with E-state index in [4.69, 9.17) is 11.6 Å². The van der Waals surface area contributed by atoms with Gasteiger partial charge in [0.15, 0.2) is 0 Å². The summed E-state index contributed by atoms with van der Waals surface area (Å²) >= 11 is 5.15. The topological polar surface area (TPSA) is 17.1 Å². The van der Waals surface area contributed by atoms with Crippen LogP contribution in [-0.2, 0) is 4.79 Å². The number of ketones is 1. The molecule has 0 saturated heterocycles. The first-order chi connectivity index (χ1) is 4.89. The minimum Gasteiger partial charge on any atom is -0.288 e. The second kappa shape index (κ2) is 3.95. The van der Waals surface area contributed by atoms with Crippen LogP contribution in [0.15, 0.2) is 0 Å². The molecule has 66 valence electrons. The largest absolute Gasteiger partial charge is 0.451 e. The Morgan fingerprint density at radius 2 is 2.00 bits per heavy atom. The first-order valence-electron chi connectivity index (χ1n) is 3.14. The Morgan fingerprint density at radius 3 is 2.27 bits per heavy atom. The van der Waals surface area contributed by atoms with E-state index >= 15 is 0 Å². The van der Waals surface area contributed by atoms with Crippen molar-refractivity contribution in [3.8, 4) is 0 Å². The van der Waals surface area contributed by atoms with Gasteiger partial charge in [0, 0.05) is 0 Å². The van der Waals surface area contributed by atoms with Crippen molar-refractivity contribution in [3.05, 3.63) is 0 Å². The Balaban J connectivity index is 4.03. The Bertz CT molecular complexity index is 143. The Hall–Kier alpha value is -0.250. The molecule has 5 heteroatoms. The van der Waals surface area contributed by atoms with Crippen molar-refractivity contribution < 1.29 is 18.0 Å². The first kappa shape index (κ1) is 10.8. The zero-order chi connectivity index (χ0) is 9.07. The van der Waals surface area contributed by atoms with Crippen molar-refractivity contribution in [2.75, 3.05) is 0 Å². The highest BCUT2D eigenvalue weighted by molar-refractivity contribution is 6.31. The molecule has 0 rings (SSSR count). The van der Waals surface area contributed by atoms with Crippen molar-refractivity contribution in [2.24, 2.45) is 0 Å². The highest BCUT2D eigenvalue weighted by Crippen LogP contribution is 2.22. The summed E-state index contributed by atoms with van der Waals surface area (Å²) in [6.45, 7) is 1.67. The number of halogens is 4. The summed E-state index contributed by atoms with van der Waals surface area (Å²) in [5.41, 5.74) is 0. The average Bonchev–Trinajstić information content (AvgIpc) is 1.85. The quantitative estimate of drug-likeness (QED) is 0.622. The predicted octanol–water partition coefficient (Wildman–Crippen LogP) is 2.53. The summed E-state index contributed by atoms with van der Waals surface area (Å²) in [6.07, 6.45) is -4.25. The second-order valence-electron chi connectivity index (χ2n) is 2.12. The van der Waals surface area contributed by atoms with Crippen LogP contribution < -0.4 is 0 Å². The molecule has 0 aromatic heterocycles. The number of hydrogen-bond donors (Lipinski definition) is 0. The van der Waals surface area contributed by atoms with Gasteiger partial charge in [-0.3, -0.25) is 4.79 Å². The van der Waals surface area contributed by atoms with E-state index in [-0.39, 0.29) is 6.42 Å². The summed E-state index contributed by atoms with van der Waals surface area (Å²) in [6, 6.07) is 0. The maximum atomic E-state index is 11.6. The number of Topliss-reactive ketones (excluding diaryl/α,β-unsaturated/α-hetero) is 1. The fourth-order valence-electron chi connectivity index (χ4n) is 0.562. The van der Waals surface area contributed by atoms with Crippen LogP contribution >= 0.6 is 11.6 Å². The molecule has 0 aromatic carbocycles. The molecule has 0 amide bonds. The lowest BCUT2D eigenvalue weighted by molar-refractivity contribution is -0.170. The lowest BCUT2D eigenvalue weighted by Gasteiger charge is -2.08. The Morgan fingerprint density at radius 1 is 1.55 bits per heavy atom. The molecule has 0 aliphatic heterocycles. The van der Waals surface area contributed by atoms with Crippen LogP contribution in [0.3, 0.4) is 0 Å². The van der Waals surface area contributed by atoms with Gasteiger partial charge in [-0.2, -0.15) is 13.2 Å². The number of rotatable bonds is 3. The van der Waals surface area contributed by atoms with Gasteiger partial charge in [-0.15, -0.1) is 11.6 Å². The second-order valence-corrected chi connectivity index (χ2v) is 2.65. The van der Waals surface area contributed by atoms with Crippen LogP contribution in [0.2, 0.25) is 0 Å². The highest BCUT2D eigenvalue weighted by Gasteiger charge is 2.42. The average molecular weight is 189 g/mol. The zero-order valence-electron chi connectivity index (χ0n) is 5.91. The van der Waals surface area contributed by atoms with Crippen molar-refractivity contribution in [3.63, 3.8) is 0 Å². The summed E-state index contributed by atoms with van der Waals surface area (Å²) < 4.78 is 34.8. The third-order valence-corrected chi connectivity index (χ3v) is 1.52. The van der Waals surface area contributed by atoms with Crippen molar-refractivity contribution in [2.45, 2.75) is 31.3 Å². The molecule has 0 N–H and O–H groups in total. The molecule has 1 unspecified atom stereocenters. The molecule has 0 aromatic rings. The first-order valence-corrected chi connectivity index (χ1v) is 3.58. The smallest absolute Gasteiger partial charge is 0.288 e. The molecule has 0 heterocycles. The van der Waals surface area contributed by atoms with E-state index in [9.17, 15) is 18.0 Å². The lowest BCUT2D eigenvalue weighted by atomic mass is 10.2. The van der Waals surface area contributed by atoms with Crippen LogP contribution in [0.25, 0.3) is 0 Å². The van der Waals surface area contributed by atoms with Crippen LogP contribution in [-0.4, -0.2) is 17.3 Å². The Kier molecular flexibility index (Phi) is 3.86. The summed E-state index contributed by atoms with van der Waals surface area (Å²) in [4.78, 5) is 10.3. The van der Waals surface area contributed by atoms with Gasteiger partial charge in [0.25, 0.3) is 5.78 Å². The molecular formula is C6H8ClF3O. The van der Waals surface area contributed by atoms with Gasteiger partial charge in [-0.25, -0.2) is 0 Å². The SMILES string of the molecule is CCCC(Cl)C(=O)C(F)(F)F. The van der Waals surface area contributed by atoms with Gasteiger partial charge in [0.05, 0.1) is 0 Å². The highest BCUT2D eigenvalue weighted by atomic mass is 35.5. The van der Waals surface area contributed by atoms with Crippen molar-refractivity contribution in [1.82, 2.24) is 0 Å². The molecule has 1 nitrogen and oxygen atoms in total. The monoisotopic (exact) mass is 188 g/mol. The maximum absolute atomic E-state index is 11.6. The molecule has 0 aliphatic rings. The predicted molar refractivity (Wildman–Crippen MR) is 35.6 cm³/mol. The van der Waals surface area contributed by atoms with Crippen LogP contribution in [0.5, 0.6) is 0 Å². The van der Waals surface area contributed by atoms with Gasteiger partial charge in [0.2, 0.25) is 0 Å². The standard InChI is InChI=1S/C6H8ClF3O/c1-2-3-4(7)5(11)6(8,9)10/h4H,2-3H2,1H3. The third-order valence-electron chi connectivity index (χ3n) is 1.11. The number of carbonyl (C=O) groups excluding carboxylic acids is 1. The molecule has 0 fully saturated rings. The maximum Gasteiger partial charge on any atom is 0.451 e. The minimum absolute atomic E-state index is 0.0693. The van der Waals surface area contributed by atoms with Crippen LogP contribution in [0.4, 0.5) is 13.2 Å². The molecule has 0 spiro atoms. The minimum atomic E-state index is -4.79. The van der Waals surface area contributed by atoms with Crippen molar-refractivity contribution in [1.29, 1.82) is 0 Å². The van der Waals surface area contributed by atoms with E-state index in [2.05, 4.69) is 0 Å². The number of carbonyl (C=O) groups is 1. The van der Waals surface area contributed by atoms with Gasteiger partial charge in [0.1, 0.15) is 5.38 Å². The fraction of sp³-hybridized carbons (Fsp3) is 0.833. The third kappa shape index (κ3) is 3.60. The number of alkyl halides is 4.